The lowest BCUT2D eigenvalue weighted by Gasteiger charge is -2.18. The standard InChI is InChI=1S/C31H31Br2N3O7/c1-6-40-31(38)20(4)42-29-26(39-5)15-21(27(32)28(29)33)16-34-35-30(37)25-14-13-24(43-25)17-41-23-11-9-22(10-12-23)36-18(2)7-8-19(36)3/h7-16,20H,6,17H2,1-5H3,(H,35,37)/b34-16+/t20-/m1/s1. The van der Waals surface area contributed by atoms with Crippen LogP contribution in [0.3, 0.4) is 0 Å². The van der Waals surface area contributed by atoms with E-state index < -0.39 is 18.0 Å². The number of hydrazone groups is 1. The molecule has 43 heavy (non-hydrogen) atoms. The van der Waals surface area contributed by atoms with E-state index in [9.17, 15) is 9.59 Å². The number of nitrogens with one attached hydrogen (secondary N) is 1. The summed E-state index contributed by atoms with van der Waals surface area (Å²) in [6, 6.07) is 16.8. The second kappa shape index (κ2) is 14.4. The molecule has 2 aromatic heterocycles. The summed E-state index contributed by atoms with van der Waals surface area (Å²) in [7, 11) is 1.47. The first-order chi connectivity index (χ1) is 20.6. The van der Waals surface area contributed by atoms with Gasteiger partial charge < -0.3 is 27.9 Å². The normalized spacial score (nSPS) is 11.8. The molecule has 10 nitrogen and oxygen atoms in total. The molecule has 0 fully saturated rings. The molecule has 226 valence electrons. The van der Waals surface area contributed by atoms with Gasteiger partial charge >= 0.3 is 11.9 Å². The Morgan fingerprint density at radius 3 is 2.40 bits per heavy atom. The largest absolute Gasteiger partial charge is 0.493 e. The van der Waals surface area contributed by atoms with E-state index in [1.807, 2.05) is 24.3 Å². The SMILES string of the molecule is CCOC(=O)[C@@H](C)Oc1c(OC)cc(/C=N/NC(=O)c2ccc(COc3ccc(-n4c(C)ccc4C)cc3)o2)c(Br)c1Br. The Balaban J connectivity index is 1.35. The molecule has 1 N–H and O–H groups in total. The summed E-state index contributed by atoms with van der Waals surface area (Å²) in [6.07, 6.45) is 0.574. The highest BCUT2D eigenvalue weighted by atomic mass is 79.9. The highest BCUT2D eigenvalue weighted by Gasteiger charge is 2.23. The van der Waals surface area contributed by atoms with Crippen molar-refractivity contribution in [1.82, 2.24) is 9.99 Å². The molecule has 0 unspecified atom stereocenters. The van der Waals surface area contributed by atoms with E-state index in [4.69, 9.17) is 23.4 Å². The third kappa shape index (κ3) is 7.68. The van der Waals surface area contributed by atoms with Gasteiger partial charge in [-0.25, -0.2) is 10.2 Å². The average molecular weight is 717 g/mol. The van der Waals surface area contributed by atoms with Gasteiger partial charge in [0, 0.05) is 27.1 Å². The van der Waals surface area contributed by atoms with Gasteiger partial charge in [0.1, 0.15) is 18.1 Å². The first-order valence-electron chi connectivity index (χ1n) is 13.3. The summed E-state index contributed by atoms with van der Waals surface area (Å²) >= 11 is 6.96. The Morgan fingerprint density at radius 2 is 1.74 bits per heavy atom. The maximum atomic E-state index is 12.6. The number of rotatable bonds is 12. The van der Waals surface area contributed by atoms with Crippen molar-refractivity contribution in [2.75, 3.05) is 13.7 Å². The van der Waals surface area contributed by atoms with Gasteiger partial charge in [0.15, 0.2) is 23.4 Å². The van der Waals surface area contributed by atoms with Crippen LogP contribution >= 0.6 is 31.9 Å². The van der Waals surface area contributed by atoms with Crippen molar-refractivity contribution in [3.05, 3.63) is 92.0 Å². The summed E-state index contributed by atoms with van der Waals surface area (Å²) in [5.41, 5.74) is 6.38. The van der Waals surface area contributed by atoms with E-state index in [1.54, 1.807) is 32.0 Å². The number of hydrogen-bond donors (Lipinski definition) is 1. The van der Waals surface area contributed by atoms with Crippen molar-refractivity contribution in [3.63, 3.8) is 0 Å². The number of ether oxygens (including phenoxy) is 4. The average Bonchev–Trinajstić information content (AvgIpc) is 3.61. The van der Waals surface area contributed by atoms with Crippen molar-refractivity contribution in [1.29, 1.82) is 0 Å². The molecular formula is C31H31Br2N3O7. The van der Waals surface area contributed by atoms with Crippen LogP contribution in [0.1, 0.15) is 47.1 Å². The van der Waals surface area contributed by atoms with E-state index in [0.717, 1.165) is 17.1 Å². The van der Waals surface area contributed by atoms with Crippen LogP contribution in [0.2, 0.25) is 0 Å². The molecular weight excluding hydrogens is 686 g/mol. The Bertz CT molecular complexity index is 1610. The zero-order valence-corrected chi connectivity index (χ0v) is 27.4. The number of carbonyl (C=O) groups is 2. The minimum Gasteiger partial charge on any atom is -0.493 e. The predicted molar refractivity (Wildman–Crippen MR) is 168 cm³/mol. The lowest BCUT2D eigenvalue weighted by Crippen LogP contribution is -2.26. The summed E-state index contributed by atoms with van der Waals surface area (Å²) < 4.78 is 30.9. The molecule has 0 aliphatic carbocycles. The number of methoxy groups -OCH3 is 1. The number of amides is 1. The van der Waals surface area contributed by atoms with Gasteiger partial charge in [0.25, 0.3) is 0 Å². The van der Waals surface area contributed by atoms with E-state index in [1.165, 1.54) is 13.3 Å². The molecule has 0 saturated carbocycles. The lowest BCUT2D eigenvalue weighted by molar-refractivity contribution is -0.150. The maximum absolute atomic E-state index is 12.6. The van der Waals surface area contributed by atoms with Crippen LogP contribution in [-0.2, 0) is 16.1 Å². The van der Waals surface area contributed by atoms with Gasteiger partial charge in [-0.3, -0.25) is 4.79 Å². The van der Waals surface area contributed by atoms with Crippen LogP contribution < -0.4 is 19.6 Å². The van der Waals surface area contributed by atoms with Crippen LogP contribution in [0.5, 0.6) is 17.2 Å². The van der Waals surface area contributed by atoms with Gasteiger partial charge in [0.2, 0.25) is 0 Å². The third-order valence-electron chi connectivity index (χ3n) is 6.29. The molecule has 0 spiro atoms. The van der Waals surface area contributed by atoms with Gasteiger partial charge in [-0.15, -0.1) is 0 Å². The van der Waals surface area contributed by atoms with Crippen LogP contribution in [-0.4, -0.2) is 42.5 Å². The zero-order chi connectivity index (χ0) is 31.1. The molecule has 0 radical (unpaired) electrons. The molecule has 1 atom stereocenters. The van der Waals surface area contributed by atoms with Gasteiger partial charge in [0.05, 0.1) is 24.4 Å². The number of benzene rings is 2. The molecule has 0 bridgehead atoms. The number of aryl methyl sites for hydroxylation is 2. The zero-order valence-electron chi connectivity index (χ0n) is 24.3. The molecule has 2 aromatic carbocycles. The third-order valence-corrected chi connectivity index (χ3v) is 8.43. The van der Waals surface area contributed by atoms with Crippen LogP contribution in [0.4, 0.5) is 0 Å². The van der Waals surface area contributed by atoms with Crippen LogP contribution in [0.25, 0.3) is 5.69 Å². The molecule has 1 amide bonds. The minimum absolute atomic E-state index is 0.0826. The topological polar surface area (TPSA) is 114 Å². The Hall–Kier alpha value is -4.03. The summed E-state index contributed by atoms with van der Waals surface area (Å²) in [6.45, 7) is 7.82. The highest BCUT2D eigenvalue weighted by Crippen LogP contribution is 2.42. The van der Waals surface area contributed by atoms with Crippen molar-refractivity contribution in [3.8, 4) is 22.9 Å². The van der Waals surface area contributed by atoms with Gasteiger partial charge in [-0.2, -0.15) is 5.10 Å². The number of nitrogens with zero attached hydrogens (tertiary/aromatic N) is 2. The van der Waals surface area contributed by atoms with Gasteiger partial charge in [-0.05, 0) is 114 Å². The fraction of sp³-hybridized carbons (Fsp3) is 0.258. The molecule has 2 heterocycles. The van der Waals surface area contributed by atoms with Gasteiger partial charge in [-0.1, -0.05) is 0 Å². The first kappa shape index (κ1) is 31.9. The molecule has 4 rings (SSSR count). The summed E-state index contributed by atoms with van der Waals surface area (Å²) in [4.78, 5) is 24.6. The number of esters is 1. The molecule has 0 saturated heterocycles. The number of aromatic nitrogens is 1. The quantitative estimate of drug-likeness (QED) is 0.0965. The van der Waals surface area contributed by atoms with Crippen molar-refractivity contribution < 1.29 is 33.0 Å². The Labute approximate surface area is 266 Å². The van der Waals surface area contributed by atoms with Crippen molar-refractivity contribution in [2.24, 2.45) is 5.10 Å². The van der Waals surface area contributed by atoms with Crippen molar-refractivity contribution in [2.45, 2.75) is 40.4 Å². The number of hydrogen-bond acceptors (Lipinski definition) is 8. The second-order valence-electron chi connectivity index (χ2n) is 9.34. The van der Waals surface area contributed by atoms with E-state index in [-0.39, 0.29) is 19.0 Å². The fourth-order valence-corrected chi connectivity index (χ4v) is 5.07. The fourth-order valence-electron chi connectivity index (χ4n) is 4.16. The lowest BCUT2D eigenvalue weighted by atomic mass is 10.2. The smallest absolute Gasteiger partial charge is 0.347 e. The first-order valence-corrected chi connectivity index (χ1v) is 14.9. The molecule has 4 aromatic rings. The molecule has 0 aliphatic rings. The Morgan fingerprint density at radius 1 is 1.05 bits per heavy atom. The number of carbonyl (C=O) groups excluding carboxylic acids is 2. The van der Waals surface area contributed by atoms with E-state index in [0.29, 0.717) is 37.5 Å². The molecule has 0 aliphatic heterocycles. The summed E-state index contributed by atoms with van der Waals surface area (Å²) in [5, 5.41) is 4.04. The monoisotopic (exact) mass is 715 g/mol. The highest BCUT2D eigenvalue weighted by molar-refractivity contribution is 9.13. The van der Waals surface area contributed by atoms with E-state index in [2.05, 4.69) is 72.9 Å². The summed E-state index contributed by atoms with van der Waals surface area (Å²) in [5.74, 6) is 0.870. The van der Waals surface area contributed by atoms with Crippen LogP contribution in [0.15, 0.2) is 73.1 Å². The minimum atomic E-state index is -0.858. The number of halogens is 2. The maximum Gasteiger partial charge on any atom is 0.347 e. The predicted octanol–water partition coefficient (Wildman–Crippen LogP) is 6.89. The van der Waals surface area contributed by atoms with Crippen molar-refractivity contribution >= 4 is 50.0 Å². The second-order valence-corrected chi connectivity index (χ2v) is 10.9. The Kier molecular flexibility index (Phi) is 10.7. The number of furan rings is 1. The van der Waals surface area contributed by atoms with Crippen LogP contribution in [0, 0.1) is 13.8 Å². The van der Waals surface area contributed by atoms with E-state index >= 15 is 0 Å². The molecule has 12 heteroatoms.